The summed E-state index contributed by atoms with van der Waals surface area (Å²) in [6.45, 7) is 4.44. The van der Waals surface area contributed by atoms with E-state index in [0.29, 0.717) is 34.5 Å². The number of thiazole rings is 1. The Morgan fingerprint density at radius 2 is 1.42 bits per heavy atom. The summed E-state index contributed by atoms with van der Waals surface area (Å²) in [6.07, 6.45) is 0. The van der Waals surface area contributed by atoms with Crippen LogP contribution in [0.1, 0.15) is 32.5 Å². The Bertz CT molecular complexity index is 1350. The average Bonchev–Trinajstić information content (AvgIpc) is 3.30. The van der Waals surface area contributed by atoms with E-state index in [0.717, 1.165) is 24.4 Å². The molecule has 0 atom stereocenters. The number of benzene rings is 3. The molecule has 7 nitrogen and oxygen atoms in total. The van der Waals surface area contributed by atoms with Crippen molar-refractivity contribution in [1.82, 2.24) is 14.8 Å². The molecule has 38 heavy (non-hydrogen) atoms. The minimum Gasteiger partial charge on any atom is -0.335 e. The van der Waals surface area contributed by atoms with Gasteiger partial charge in [-0.2, -0.15) is 0 Å². The third-order valence-electron chi connectivity index (χ3n) is 6.51. The van der Waals surface area contributed by atoms with Gasteiger partial charge in [0.15, 0.2) is 5.13 Å². The molecule has 2 N–H and O–H groups in total. The molecule has 0 bridgehead atoms. The van der Waals surface area contributed by atoms with Crippen molar-refractivity contribution in [1.29, 1.82) is 0 Å². The van der Waals surface area contributed by atoms with Gasteiger partial charge in [0.25, 0.3) is 5.91 Å². The molecule has 1 aliphatic rings. The number of nitrogens with one attached hydrogen (secondary N) is 2. The van der Waals surface area contributed by atoms with Gasteiger partial charge < -0.3 is 10.2 Å². The summed E-state index contributed by atoms with van der Waals surface area (Å²) in [6, 6.07) is 26.0. The number of urea groups is 1. The lowest BCUT2D eigenvalue weighted by Crippen LogP contribution is -2.49. The first-order valence-corrected chi connectivity index (χ1v) is 13.2. The van der Waals surface area contributed by atoms with E-state index in [9.17, 15) is 14.0 Å². The van der Waals surface area contributed by atoms with E-state index in [2.05, 4.69) is 69.0 Å². The lowest BCUT2D eigenvalue weighted by molar-refractivity contribution is 0.0601. The predicted molar refractivity (Wildman–Crippen MR) is 148 cm³/mol. The molecule has 2 heterocycles. The highest BCUT2D eigenvalue weighted by atomic mass is 32.1. The second-order valence-corrected chi connectivity index (χ2v) is 10.1. The van der Waals surface area contributed by atoms with Crippen molar-refractivity contribution in [3.05, 3.63) is 112 Å². The number of carbonyl (C=O) groups is 2. The lowest BCUT2D eigenvalue weighted by Gasteiger charge is -2.39. The number of aromatic nitrogens is 1. The van der Waals surface area contributed by atoms with Crippen LogP contribution in [0, 0.1) is 12.7 Å². The second-order valence-electron chi connectivity index (χ2n) is 9.07. The molecule has 0 spiro atoms. The molecule has 4 aromatic rings. The number of rotatable bonds is 6. The third kappa shape index (κ3) is 5.90. The Morgan fingerprint density at radius 3 is 2.00 bits per heavy atom. The van der Waals surface area contributed by atoms with Gasteiger partial charge >= 0.3 is 6.03 Å². The Kier molecular flexibility index (Phi) is 7.76. The van der Waals surface area contributed by atoms with E-state index in [1.54, 1.807) is 6.92 Å². The molecule has 9 heteroatoms. The van der Waals surface area contributed by atoms with E-state index in [-0.39, 0.29) is 17.8 Å². The van der Waals surface area contributed by atoms with Gasteiger partial charge in [0.05, 0.1) is 11.7 Å². The first-order valence-electron chi connectivity index (χ1n) is 12.4. The van der Waals surface area contributed by atoms with Gasteiger partial charge in [0.1, 0.15) is 10.7 Å². The Labute approximate surface area is 224 Å². The minimum absolute atomic E-state index is 0.0809. The van der Waals surface area contributed by atoms with Crippen LogP contribution in [0.15, 0.2) is 84.9 Å². The number of halogens is 1. The summed E-state index contributed by atoms with van der Waals surface area (Å²) in [5.74, 6) is -0.464. The van der Waals surface area contributed by atoms with E-state index < -0.39 is 6.03 Å². The zero-order valence-electron chi connectivity index (χ0n) is 20.9. The third-order valence-corrected chi connectivity index (χ3v) is 7.57. The molecule has 1 aliphatic heterocycles. The van der Waals surface area contributed by atoms with Crippen molar-refractivity contribution in [3.63, 3.8) is 0 Å². The highest BCUT2D eigenvalue weighted by Gasteiger charge is 2.30. The van der Waals surface area contributed by atoms with Crippen LogP contribution in [0.2, 0.25) is 0 Å². The second kappa shape index (κ2) is 11.5. The molecule has 0 unspecified atom stereocenters. The van der Waals surface area contributed by atoms with Crippen LogP contribution in [0.4, 0.5) is 20.0 Å². The van der Waals surface area contributed by atoms with Gasteiger partial charge in [-0.15, -0.1) is 0 Å². The van der Waals surface area contributed by atoms with Crippen LogP contribution in [-0.2, 0) is 0 Å². The van der Waals surface area contributed by atoms with Crippen molar-refractivity contribution in [2.45, 2.75) is 13.0 Å². The molecule has 0 aliphatic carbocycles. The Hall–Kier alpha value is -4.08. The van der Waals surface area contributed by atoms with Gasteiger partial charge in [0, 0.05) is 31.9 Å². The highest BCUT2D eigenvalue weighted by Crippen LogP contribution is 2.30. The van der Waals surface area contributed by atoms with Crippen molar-refractivity contribution >= 4 is 34.1 Å². The van der Waals surface area contributed by atoms with Crippen molar-refractivity contribution < 1.29 is 14.0 Å². The van der Waals surface area contributed by atoms with Gasteiger partial charge in [-0.05, 0) is 42.3 Å². The molecule has 194 valence electrons. The Balaban J connectivity index is 1.23. The zero-order chi connectivity index (χ0) is 26.5. The zero-order valence-corrected chi connectivity index (χ0v) is 21.7. The molecule has 3 amide bonds. The molecule has 3 aromatic carbocycles. The summed E-state index contributed by atoms with van der Waals surface area (Å²) in [7, 11) is 0. The van der Waals surface area contributed by atoms with Crippen LogP contribution in [0.5, 0.6) is 0 Å². The van der Waals surface area contributed by atoms with Gasteiger partial charge in [-0.3, -0.25) is 15.0 Å². The summed E-state index contributed by atoms with van der Waals surface area (Å²) >= 11 is 1.16. The minimum atomic E-state index is -0.508. The number of carbonyl (C=O) groups excluding carboxylic acids is 2. The van der Waals surface area contributed by atoms with Crippen LogP contribution in [0.3, 0.4) is 0 Å². The predicted octanol–water partition coefficient (Wildman–Crippen LogP) is 5.78. The van der Waals surface area contributed by atoms with Crippen LogP contribution in [0.25, 0.3) is 0 Å². The first-order chi connectivity index (χ1) is 18.5. The van der Waals surface area contributed by atoms with Gasteiger partial charge in [-0.1, -0.05) is 72.0 Å². The van der Waals surface area contributed by atoms with E-state index >= 15 is 0 Å². The number of hydrogen-bond acceptors (Lipinski definition) is 5. The van der Waals surface area contributed by atoms with Crippen LogP contribution in [-0.4, -0.2) is 52.9 Å². The number of aryl methyl sites for hydroxylation is 1. The largest absolute Gasteiger partial charge is 0.335 e. The molecular weight excluding hydrogens is 501 g/mol. The molecular formula is C29H28FN5O2S. The Morgan fingerprint density at radius 1 is 0.842 bits per heavy atom. The standard InChI is InChI=1S/C29H28FN5O2S/c1-20-26(38-29(31-20)33-28(37)32-24-14-12-23(30)13-15-24)27(36)35-18-16-34(17-19-35)25(21-8-4-2-5-9-21)22-10-6-3-7-11-22/h2-15,25H,16-19H2,1H3,(H2,31,32,33,37). The van der Waals surface area contributed by atoms with Crippen LogP contribution < -0.4 is 10.6 Å². The number of piperazine rings is 1. The molecule has 1 saturated heterocycles. The van der Waals surface area contributed by atoms with Gasteiger partial charge in [0.2, 0.25) is 0 Å². The topological polar surface area (TPSA) is 77.6 Å². The maximum atomic E-state index is 13.4. The summed E-state index contributed by atoms with van der Waals surface area (Å²) < 4.78 is 13.1. The fourth-order valence-corrected chi connectivity index (χ4v) is 5.58. The highest BCUT2D eigenvalue weighted by molar-refractivity contribution is 7.17. The summed E-state index contributed by atoms with van der Waals surface area (Å²) in [4.78, 5) is 34.9. The fourth-order valence-electron chi connectivity index (χ4n) is 4.65. The molecule has 5 rings (SSSR count). The van der Waals surface area contributed by atoms with E-state index in [1.165, 1.54) is 35.4 Å². The quantitative estimate of drug-likeness (QED) is 0.332. The number of hydrogen-bond donors (Lipinski definition) is 2. The molecule has 1 aromatic heterocycles. The molecule has 0 saturated carbocycles. The van der Waals surface area contributed by atoms with Crippen molar-refractivity contribution in [3.8, 4) is 0 Å². The summed E-state index contributed by atoms with van der Waals surface area (Å²) in [5.41, 5.74) is 3.49. The SMILES string of the molecule is Cc1nc(NC(=O)Nc2ccc(F)cc2)sc1C(=O)N1CCN(C(c2ccccc2)c2ccccc2)CC1. The van der Waals surface area contributed by atoms with Crippen molar-refractivity contribution in [2.75, 3.05) is 36.8 Å². The van der Waals surface area contributed by atoms with Gasteiger partial charge in [-0.25, -0.2) is 14.2 Å². The van der Waals surface area contributed by atoms with Crippen molar-refractivity contribution in [2.24, 2.45) is 0 Å². The van der Waals surface area contributed by atoms with E-state index in [1.807, 2.05) is 17.0 Å². The average molecular weight is 530 g/mol. The first kappa shape index (κ1) is 25.6. The van der Waals surface area contributed by atoms with Crippen LogP contribution >= 0.6 is 11.3 Å². The molecule has 0 radical (unpaired) electrons. The monoisotopic (exact) mass is 529 g/mol. The fraction of sp³-hybridized carbons (Fsp3) is 0.207. The lowest BCUT2D eigenvalue weighted by atomic mass is 9.96. The maximum Gasteiger partial charge on any atom is 0.325 e. The maximum absolute atomic E-state index is 13.4. The number of amides is 3. The number of nitrogens with zero attached hydrogens (tertiary/aromatic N) is 3. The number of anilines is 2. The summed E-state index contributed by atoms with van der Waals surface area (Å²) in [5, 5.41) is 5.63. The normalized spacial score (nSPS) is 13.9. The smallest absolute Gasteiger partial charge is 0.325 e. The molecule has 1 fully saturated rings. The van der Waals surface area contributed by atoms with E-state index in [4.69, 9.17) is 0 Å².